The van der Waals surface area contributed by atoms with Crippen LogP contribution in [0.4, 0.5) is 0 Å². The molecule has 2 rings (SSSR count). The van der Waals surface area contributed by atoms with Crippen LogP contribution >= 0.6 is 0 Å². The predicted octanol–water partition coefficient (Wildman–Crippen LogP) is -4.18. The number of aliphatic hydroxyl groups excluding tert-OH is 4. The van der Waals surface area contributed by atoms with Crippen LogP contribution in [0.25, 0.3) is 0 Å². The topological polar surface area (TPSA) is 239 Å². The highest BCUT2D eigenvalue weighted by Crippen LogP contribution is 2.29. The molecule has 2 aliphatic heterocycles. The van der Waals surface area contributed by atoms with Crippen LogP contribution in [0.15, 0.2) is 11.8 Å². The second kappa shape index (κ2) is 9.50. The Bertz CT molecular complexity index is 784. The first-order chi connectivity index (χ1) is 13.8. The molecular formula is C14H21NO14S. The Morgan fingerprint density at radius 1 is 1.23 bits per heavy atom. The fourth-order valence-corrected chi connectivity index (χ4v) is 3.39. The average Bonchev–Trinajstić information content (AvgIpc) is 2.61. The number of carboxylic acid groups (broad SMARTS) is 1. The molecule has 30 heavy (non-hydrogen) atoms. The van der Waals surface area contributed by atoms with Gasteiger partial charge in [-0.1, -0.05) is 0 Å². The van der Waals surface area contributed by atoms with Crippen molar-refractivity contribution in [1.29, 1.82) is 0 Å². The van der Waals surface area contributed by atoms with Crippen molar-refractivity contribution < 1.29 is 66.5 Å². The maximum Gasteiger partial charge on any atom is 0.397 e. The Labute approximate surface area is 169 Å². The summed E-state index contributed by atoms with van der Waals surface area (Å²) in [6.45, 7) is 0.236. The van der Waals surface area contributed by atoms with E-state index in [1.165, 1.54) is 0 Å². The molecule has 172 valence electrons. The molecule has 0 radical (unpaired) electrons. The molecule has 0 spiro atoms. The van der Waals surface area contributed by atoms with Crippen molar-refractivity contribution in [3.8, 4) is 0 Å². The van der Waals surface area contributed by atoms with Gasteiger partial charge in [-0.05, 0) is 6.08 Å². The van der Waals surface area contributed by atoms with Gasteiger partial charge in [-0.15, -0.1) is 0 Å². The number of aliphatic hydroxyl groups is 4. The number of hydrogen-bond acceptors (Lipinski definition) is 12. The molecule has 1 amide bonds. The van der Waals surface area contributed by atoms with E-state index in [0.29, 0.717) is 6.08 Å². The number of ether oxygens (including phenoxy) is 3. The second-order valence-corrected chi connectivity index (χ2v) is 7.41. The van der Waals surface area contributed by atoms with E-state index in [9.17, 15) is 38.4 Å². The van der Waals surface area contributed by atoms with Gasteiger partial charge in [0.05, 0.1) is 6.61 Å². The minimum Gasteiger partial charge on any atom is -0.475 e. The first-order valence-corrected chi connectivity index (χ1v) is 9.71. The largest absolute Gasteiger partial charge is 0.475 e. The molecule has 16 heteroatoms. The summed E-state index contributed by atoms with van der Waals surface area (Å²) in [4.78, 5) is 22.5. The number of hydrogen-bond donors (Lipinski definition) is 7. The van der Waals surface area contributed by atoms with Gasteiger partial charge in [-0.3, -0.25) is 9.35 Å². The smallest absolute Gasteiger partial charge is 0.397 e. The number of carboxylic acids is 1. The van der Waals surface area contributed by atoms with E-state index in [1.54, 1.807) is 0 Å². The minimum absolute atomic E-state index is 0.583. The lowest BCUT2D eigenvalue weighted by atomic mass is 9.96. The van der Waals surface area contributed by atoms with Gasteiger partial charge in [0.25, 0.3) is 0 Å². The molecule has 2 heterocycles. The Kier molecular flexibility index (Phi) is 7.72. The quantitative estimate of drug-likeness (QED) is 0.179. The molecule has 1 saturated heterocycles. The SMILES string of the molecule is CC(=O)N[C@@H]1[C@@H](O)[C@H](O[C@@H]2OC(C(=O)O)=C[C@H](O)[C@H]2OS(=O)(=O)O)[C@@H](CO)O[C@@H]1O. The minimum atomic E-state index is -5.17. The molecule has 0 aliphatic carbocycles. The number of carbonyl (C=O) groups is 2. The van der Waals surface area contributed by atoms with E-state index in [4.69, 9.17) is 23.9 Å². The van der Waals surface area contributed by atoms with Crippen molar-refractivity contribution in [2.24, 2.45) is 0 Å². The van der Waals surface area contributed by atoms with E-state index < -0.39 is 83.8 Å². The summed E-state index contributed by atoms with van der Waals surface area (Å²) in [6.07, 6.45) is -12.1. The molecule has 8 atom stereocenters. The molecule has 2 aliphatic rings. The number of amides is 1. The van der Waals surface area contributed by atoms with Gasteiger partial charge in [0.2, 0.25) is 18.0 Å². The Hall–Kier alpha value is -1.89. The molecule has 0 aromatic rings. The maximum absolute atomic E-state index is 11.3. The number of rotatable bonds is 7. The van der Waals surface area contributed by atoms with Crippen LogP contribution in [0.1, 0.15) is 6.92 Å². The van der Waals surface area contributed by atoms with Gasteiger partial charge < -0.3 is 45.1 Å². The summed E-state index contributed by atoms with van der Waals surface area (Å²) in [5.41, 5.74) is 0. The van der Waals surface area contributed by atoms with Gasteiger partial charge in [0.1, 0.15) is 30.5 Å². The number of carbonyl (C=O) groups excluding carboxylic acids is 1. The van der Waals surface area contributed by atoms with Crippen LogP contribution in [-0.2, 0) is 38.4 Å². The second-order valence-electron chi connectivity index (χ2n) is 6.37. The fourth-order valence-electron chi connectivity index (χ4n) is 2.91. The van der Waals surface area contributed by atoms with Gasteiger partial charge in [-0.2, -0.15) is 8.42 Å². The van der Waals surface area contributed by atoms with Gasteiger partial charge in [0.15, 0.2) is 12.4 Å². The first kappa shape index (κ1) is 24.4. The normalized spacial score (nSPS) is 37.1. The van der Waals surface area contributed by atoms with E-state index in [0.717, 1.165) is 6.92 Å². The summed E-state index contributed by atoms with van der Waals surface area (Å²) in [5, 5.41) is 51.1. The van der Waals surface area contributed by atoms with Crippen molar-refractivity contribution in [2.45, 2.75) is 56.1 Å². The van der Waals surface area contributed by atoms with Gasteiger partial charge in [-0.25, -0.2) is 8.98 Å². The van der Waals surface area contributed by atoms with Gasteiger partial charge in [0, 0.05) is 6.92 Å². The third kappa shape index (κ3) is 5.84. The summed E-state index contributed by atoms with van der Waals surface area (Å²) in [6, 6.07) is -1.46. The highest BCUT2D eigenvalue weighted by Gasteiger charge is 2.50. The zero-order valence-corrected chi connectivity index (χ0v) is 16.1. The highest BCUT2D eigenvalue weighted by molar-refractivity contribution is 7.80. The Morgan fingerprint density at radius 2 is 1.87 bits per heavy atom. The van der Waals surface area contributed by atoms with Crippen molar-refractivity contribution in [1.82, 2.24) is 5.32 Å². The van der Waals surface area contributed by atoms with Crippen LogP contribution in [0.2, 0.25) is 0 Å². The average molecular weight is 459 g/mol. The van der Waals surface area contributed by atoms with Crippen LogP contribution < -0.4 is 5.32 Å². The zero-order chi connectivity index (χ0) is 22.8. The van der Waals surface area contributed by atoms with Gasteiger partial charge >= 0.3 is 16.4 Å². The fraction of sp³-hybridized carbons (Fsp3) is 0.714. The molecule has 15 nitrogen and oxygen atoms in total. The van der Waals surface area contributed by atoms with E-state index in [-0.39, 0.29) is 0 Å². The van der Waals surface area contributed by atoms with Crippen LogP contribution in [0.3, 0.4) is 0 Å². The standard InChI is InChI=1S/C14H21NO14S/c1-4(17)15-8-9(19)11(7(3-16)26-13(8)22)28-14-10(29-30(23,24)25)5(18)2-6(27-14)12(20)21/h2,5,7-11,13-14,16,18-19,22H,3H2,1H3,(H,15,17)(H,20,21)(H,23,24,25)/t5-,7+,8+,9+,10+,11+,13-,14-/m0/s1. The van der Waals surface area contributed by atoms with E-state index in [2.05, 4.69) is 9.50 Å². The first-order valence-electron chi connectivity index (χ1n) is 8.34. The summed E-state index contributed by atoms with van der Waals surface area (Å²) in [7, 11) is -5.17. The highest BCUT2D eigenvalue weighted by atomic mass is 32.3. The monoisotopic (exact) mass is 459 g/mol. The van der Waals surface area contributed by atoms with Crippen molar-refractivity contribution in [2.75, 3.05) is 6.61 Å². The molecule has 1 fully saturated rings. The van der Waals surface area contributed by atoms with Crippen molar-refractivity contribution >= 4 is 22.3 Å². The lowest BCUT2D eigenvalue weighted by Crippen LogP contribution is -2.66. The lowest BCUT2D eigenvalue weighted by Gasteiger charge is -2.44. The summed E-state index contributed by atoms with van der Waals surface area (Å²) in [5.74, 6) is -3.21. The molecule has 7 N–H and O–H groups in total. The molecule has 0 bridgehead atoms. The lowest BCUT2D eigenvalue weighted by molar-refractivity contribution is -0.304. The molecule has 0 unspecified atom stereocenters. The maximum atomic E-state index is 11.3. The van der Waals surface area contributed by atoms with Crippen LogP contribution in [0.5, 0.6) is 0 Å². The van der Waals surface area contributed by atoms with E-state index in [1.807, 2.05) is 0 Å². The third-order valence-electron chi connectivity index (χ3n) is 4.15. The van der Waals surface area contributed by atoms with Crippen molar-refractivity contribution in [3.63, 3.8) is 0 Å². The Morgan fingerprint density at radius 3 is 2.37 bits per heavy atom. The third-order valence-corrected chi connectivity index (χ3v) is 4.61. The predicted molar refractivity (Wildman–Crippen MR) is 89.5 cm³/mol. The Balaban J connectivity index is 2.33. The summed E-state index contributed by atoms with van der Waals surface area (Å²) < 4.78 is 50.7. The van der Waals surface area contributed by atoms with E-state index >= 15 is 0 Å². The number of nitrogens with one attached hydrogen (secondary N) is 1. The van der Waals surface area contributed by atoms with Crippen LogP contribution in [0, 0.1) is 0 Å². The van der Waals surface area contributed by atoms with Crippen LogP contribution in [-0.4, -0.2) is 106 Å². The molecule has 0 saturated carbocycles. The molecule has 0 aromatic heterocycles. The molecule has 0 aromatic carbocycles. The number of aliphatic carboxylic acids is 1. The zero-order valence-electron chi connectivity index (χ0n) is 15.3. The van der Waals surface area contributed by atoms with Crippen molar-refractivity contribution in [3.05, 3.63) is 11.8 Å². The summed E-state index contributed by atoms with van der Waals surface area (Å²) >= 11 is 0. The molecular weight excluding hydrogens is 438 g/mol.